The maximum Gasteiger partial charge on any atom is 0.333 e. The number of anilines is 1. The summed E-state index contributed by atoms with van der Waals surface area (Å²) < 4.78 is 1.44. The van der Waals surface area contributed by atoms with Crippen molar-refractivity contribution < 1.29 is 10.0 Å². The fraction of sp³-hybridized carbons (Fsp3) is 0.700. The lowest BCUT2D eigenvalue weighted by Gasteiger charge is -2.09. The van der Waals surface area contributed by atoms with Gasteiger partial charge in [0, 0.05) is 13.6 Å². The Labute approximate surface area is 99.6 Å². The number of nitrogens with zero attached hydrogens (tertiary/aromatic N) is 3. The van der Waals surface area contributed by atoms with Crippen LogP contribution in [0.3, 0.4) is 0 Å². The third kappa shape index (κ3) is 2.94. The Balaban J connectivity index is 2.97. The van der Waals surface area contributed by atoms with Gasteiger partial charge in [-0.1, -0.05) is 13.8 Å². The minimum Gasteiger partial charge on any atom is -0.391 e. The fourth-order valence-corrected chi connectivity index (χ4v) is 1.56. The minimum atomic E-state index is -0.519. The summed E-state index contributed by atoms with van der Waals surface area (Å²) in [5, 5.41) is 27.4. The molecular weight excluding hydrogens is 224 g/mol. The third-order valence-electron chi connectivity index (χ3n) is 2.59. The van der Waals surface area contributed by atoms with Gasteiger partial charge in [0.15, 0.2) is 0 Å². The molecule has 0 saturated carbocycles. The molecule has 0 aliphatic carbocycles. The van der Waals surface area contributed by atoms with Crippen LogP contribution in [0.25, 0.3) is 0 Å². The molecule has 1 heterocycles. The van der Waals surface area contributed by atoms with Crippen LogP contribution in [0.4, 0.5) is 11.5 Å². The van der Waals surface area contributed by atoms with Crippen LogP contribution in [0.2, 0.25) is 0 Å². The summed E-state index contributed by atoms with van der Waals surface area (Å²) in [5.41, 5.74) is 0.448. The Kier molecular flexibility index (Phi) is 4.45. The zero-order valence-corrected chi connectivity index (χ0v) is 10.3. The Morgan fingerprint density at radius 3 is 2.71 bits per heavy atom. The van der Waals surface area contributed by atoms with E-state index in [4.69, 9.17) is 0 Å². The number of aryl methyl sites for hydroxylation is 2. The van der Waals surface area contributed by atoms with Gasteiger partial charge in [-0.3, -0.25) is 10.1 Å². The lowest BCUT2D eigenvalue weighted by molar-refractivity contribution is -0.384. The van der Waals surface area contributed by atoms with E-state index < -0.39 is 11.0 Å². The summed E-state index contributed by atoms with van der Waals surface area (Å²) in [7, 11) is 1.65. The molecule has 0 amide bonds. The number of aliphatic hydroxyl groups excluding tert-OH is 1. The zero-order chi connectivity index (χ0) is 13.0. The topological polar surface area (TPSA) is 93.2 Å². The monoisotopic (exact) mass is 242 g/mol. The maximum absolute atomic E-state index is 11.0. The first-order valence-corrected chi connectivity index (χ1v) is 5.63. The number of hydrogen-bond acceptors (Lipinski definition) is 5. The van der Waals surface area contributed by atoms with E-state index in [9.17, 15) is 15.2 Å². The smallest absolute Gasteiger partial charge is 0.333 e. The van der Waals surface area contributed by atoms with Crippen LogP contribution in [0.15, 0.2) is 0 Å². The summed E-state index contributed by atoms with van der Waals surface area (Å²) in [6.45, 7) is 3.95. The van der Waals surface area contributed by atoms with Crippen molar-refractivity contribution in [3.05, 3.63) is 15.8 Å². The highest BCUT2D eigenvalue weighted by Crippen LogP contribution is 2.28. The van der Waals surface area contributed by atoms with Crippen molar-refractivity contribution in [1.29, 1.82) is 0 Å². The highest BCUT2D eigenvalue weighted by Gasteiger charge is 2.25. The molecule has 1 aromatic heterocycles. The molecule has 1 atom stereocenters. The van der Waals surface area contributed by atoms with E-state index in [1.165, 1.54) is 4.68 Å². The molecule has 0 aliphatic heterocycles. The van der Waals surface area contributed by atoms with Gasteiger partial charge in [0.25, 0.3) is 0 Å². The van der Waals surface area contributed by atoms with Gasteiger partial charge in [0.1, 0.15) is 5.69 Å². The number of nitro groups is 1. The average molecular weight is 242 g/mol. The Morgan fingerprint density at radius 1 is 1.59 bits per heavy atom. The second-order valence-corrected chi connectivity index (χ2v) is 3.82. The van der Waals surface area contributed by atoms with Gasteiger partial charge in [-0.2, -0.15) is 5.10 Å². The summed E-state index contributed by atoms with van der Waals surface area (Å²) >= 11 is 0. The molecule has 17 heavy (non-hydrogen) atoms. The highest BCUT2D eigenvalue weighted by atomic mass is 16.6. The number of rotatable bonds is 6. The number of aliphatic hydroxyl groups is 1. The van der Waals surface area contributed by atoms with Crippen molar-refractivity contribution in [1.82, 2.24) is 9.78 Å². The SMILES string of the molecule is CCc1nn(C)c(NCC(O)CC)c1[N+](=O)[O-]. The summed E-state index contributed by atoms with van der Waals surface area (Å²) in [4.78, 5) is 10.5. The molecule has 0 aromatic carbocycles. The molecule has 0 fully saturated rings. The molecular formula is C10H18N4O3. The standard InChI is InChI=1S/C10H18N4O3/c1-4-7(15)6-11-10-9(14(16)17)8(5-2)12-13(10)3/h7,11,15H,4-6H2,1-3H3. The minimum absolute atomic E-state index is 0.00157. The fourth-order valence-electron chi connectivity index (χ4n) is 1.56. The van der Waals surface area contributed by atoms with E-state index in [0.717, 1.165) is 0 Å². The van der Waals surface area contributed by atoms with Crippen molar-refractivity contribution in [2.45, 2.75) is 32.8 Å². The third-order valence-corrected chi connectivity index (χ3v) is 2.59. The second-order valence-electron chi connectivity index (χ2n) is 3.82. The molecule has 1 unspecified atom stereocenters. The molecule has 96 valence electrons. The molecule has 7 heteroatoms. The van der Waals surface area contributed by atoms with Crippen molar-refractivity contribution in [2.75, 3.05) is 11.9 Å². The van der Waals surface area contributed by atoms with Crippen LogP contribution in [-0.2, 0) is 13.5 Å². The molecule has 0 spiro atoms. The molecule has 1 aromatic rings. The Hall–Kier alpha value is -1.63. The van der Waals surface area contributed by atoms with Gasteiger partial charge >= 0.3 is 5.69 Å². The lowest BCUT2D eigenvalue weighted by Crippen LogP contribution is -2.20. The van der Waals surface area contributed by atoms with Gasteiger partial charge in [0.2, 0.25) is 5.82 Å². The first-order chi connectivity index (χ1) is 8.01. The molecule has 2 N–H and O–H groups in total. The molecule has 1 rings (SSSR count). The van der Waals surface area contributed by atoms with E-state index in [-0.39, 0.29) is 12.2 Å². The van der Waals surface area contributed by atoms with E-state index in [0.29, 0.717) is 24.4 Å². The predicted octanol–water partition coefficient (Wildman–Crippen LogP) is 1.07. The predicted molar refractivity (Wildman–Crippen MR) is 64.0 cm³/mol. The van der Waals surface area contributed by atoms with Gasteiger partial charge in [-0.15, -0.1) is 0 Å². The van der Waals surface area contributed by atoms with E-state index in [1.807, 2.05) is 13.8 Å². The quantitative estimate of drug-likeness (QED) is 0.575. The largest absolute Gasteiger partial charge is 0.391 e. The van der Waals surface area contributed by atoms with E-state index in [2.05, 4.69) is 10.4 Å². The summed E-state index contributed by atoms with van der Waals surface area (Å²) in [5.74, 6) is 0.347. The van der Waals surface area contributed by atoms with Crippen LogP contribution in [0.5, 0.6) is 0 Å². The summed E-state index contributed by atoms with van der Waals surface area (Å²) in [6.07, 6.45) is 0.580. The highest BCUT2D eigenvalue weighted by molar-refractivity contribution is 5.59. The Morgan fingerprint density at radius 2 is 2.24 bits per heavy atom. The van der Waals surface area contributed by atoms with Gasteiger partial charge in [-0.05, 0) is 12.8 Å². The van der Waals surface area contributed by atoms with Gasteiger partial charge < -0.3 is 10.4 Å². The van der Waals surface area contributed by atoms with Gasteiger partial charge in [-0.25, -0.2) is 4.68 Å². The molecule has 0 bridgehead atoms. The van der Waals surface area contributed by atoms with Crippen molar-refractivity contribution in [3.8, 4) is 0 Å². The maximum atomic E-state index is 11.0. The first-order valence-electron chi connectivity index (χ1n) is 5.63. The number of hydrogen-bond donors (Lipinski definition) is 2. The van der Waals surface area contributed by atoms with Crippen LogP contribution < -0.4 is 5.32 Å². The normalized spacial score (nSPS) is 12.5. The molecule has 0 radical (unpaired) electrons. The average Bonchev–Trinajstić information content (AvgIpc) is 2.62. The van der Waals surface area contributed by atoms with Crippen molar-refractivity contribution in [3.63, 3.8) is 0 Å². The molecule has 7 nitrogen and oxygen atoms in total. The van der Waals surface area contributed by atoms with Crippen molar-refractivity contribution in [2.24, 2.45) is 7.05 Å². The molecule has 0 aliphatic rings. The second kappa shape index (κ2) is 5.62. The van der Waals surface area contributed by atoms with E-state index >= 15 is 0 Å². The van der Waals surface area contributed by atoms with Gasteiger partial charge in [0.05, 0.1) is 11.0 Å². The zero-order valence-electron chi connectivity index (χ0n) is 10.3. The molecule has 0 saturated heterocycles. The van der Waals surface area contributed by atoms with Crippen LogP contribution >= 0.6 is 0 Å². The number of nitrogens with one attached hydrogen (secondary N) is 1. The van der Waals surface area contributed by atoms with Crippen molar-refractivity contribution >= 4 is 11.5 Å². The van der Waals surface area contributed by atoms with Crippen LogP contribution in [0, 0.1) is 10.1 Å². The van der Waals surface area contributed by atoms with Crippen LogP contribution in [-0.4, -0.2) is 32.5 Å². The summed E-state index contributed by atoms with van der Waals surface area (Å²) in [6, 6.07) is 0. The Bertz CT molecular complexity index is 403. The van der Waals surface area contributed by atoms with Crippen LogP contribution in [0.1, 0.15) is 26.0 Å². The van der Waals surface area contributed by atoms with E-state index in [1.54, 1.807) is 7.05 Å². The number of aromatic nitrogens is 2. The first kappa shape index (κ1) is 13.4. The lowest BCUT2D eigenvalue weighted by atomic mass is 10.2.